The fraction of sp³-hybridized carbons (Fsp3) is 0.211. The Balaban J connectivity index is 2.13. The molecule has 1 N–H and O–H groups in total. The number of anilines is 2. The SMILES string of the molecule is C[C@H](OC(=O)c1ccc(N(C)C)c([N+](=O)[O-])c1)C(=O)Nc1ccccc1C#N. The van der Waals surface area contributed by atoms with E-state index in [1.54, 1.807) is 37.2 Å². The molecule has 0 aliphatic rings. The van der Waals surface area contributed by atoms with Crippen LogP contribution in [0.3, 0.4) is 0 Å². The number of benzene rings is 2. The van der Waals surface area contributed by atoms with Crippen molar-refractivity contribution in [2.45, 2.75) is 13.0 Å². The minimum atomic E-state index is -1.17. The molecule has 0 saturated carbocycles. The number of esters is 1. The van der Waals surface area contributed by atoms with Crippen molar-refractivity contribution in [3.05, 3.63) is 63.7 Å². The zero-order valence-corrected chi connectivity index (χ0v) is 15.5. The van der Waals surface area contributed by atoms with E-state index in [1.165, 1.54) is 25.1 Å². The highest BCUT2D eigenvalue weighted by Crippen LogP contribution is 2.28. The second-order valence-electron chi connectivity index (χ2n) is 6.05. The summed E-state index contributed by atoms with van der Waals surface area (Å²) in [7, 11) is 3.29. The van der Waals surface area contributed by atoms with Gasteiger partial charge in [0, 0.05) is 20.2 Å². The number of nitriles is 1. The number of carbonyl (C=O) groups is 2. The Hall–Kier alpha value is -3.93. The smallest absolute Gasteiger partial charge is 0.339 e. The molecule has 9 nitrogen and oxygen atoms in total. The summed E-state index contributed by atoms with van der Waals surface area (Å²) in [6.45, 7) is 1.37. The highest BCUT2D eigenvalue weighted by Gasteiger charge is 2.23. The van der Waals surface area contributed by atoms with Crippen molar-refractivity contribution >= 4 is 28.9 Å². The molecular formula is C19H18N4O5. The third kappa shape index (κ3) is 4.62. The van der Waals surface area contributed by atoms with Gasteiger partial charge >= 0.3 is 5.97 Å². The van der Waals surface area contributed by atoms with Crippen molar-refractivity contribution in [2.24, 2.45) is 0 Å². The normalized spacial score (nSPS) is 11.1. The molecule has 1 atom stereocenters. The summed E-state index contributed by atoms with van der Waals surface area (Å²) in [6.07, 6.45) is -1.17. The van der Waals surface area contributed by atoms with Gasteiger partial charge < -0.3 is 15.0 Å². The second kappa shape index (κ2) is 8.64. The lowest BCUT2D eigenvalue weighted by molar-refractivity contribution is -0.384. The first-order chi connectivity index (χ1) is 13.2. The summed E-state index contributed by atoms with van der Waals surface area (Å²) in [5, 5.41) is 22.8. The molecule has 0 aromatic heterocycles. The van der Waals surface area contributed by atoms with Gasteiger partial charge in [-0.1, -0.05) is 12.1 Å². The summed E-state index contributed by atoms with van der Waals surface area (Å²) in [4.78, 5) is 36.7. The number of rotatable bonds is 6. The maximum absolute atomic E-state index is 12.3. The Morgan fingerprint density at radius 1 is 1.25 bits per heavy atom. The molecule has 0 fully saturated rings. The standard InChI is InChI=1S/C19H18N4O5/c1-12(18(24)21-15-7-5-4-6-14(15)11-20)28-19(25)13-8-9-16(22(2)3)17(10-13)23(26)27/h4-10,12H,1-3H3,(H,21,24)/t12-/m0/s1. The summed E-state index contributed by atoms with van der Waals surface area (Å²) < 4.78 is 5.11. The summed E-state index contributed by atoms with van der Waals surface area (Å²) in [5.41, 5.74) is 0.600. The number of nitro groups is 1. The Morgan fingerprint density at radius 3 is 2.54 bits per heavy atom. The number of nitrogens with one attached hydrogen (secondary N) is 1. The molecule has 0 radical (unpaired) electrons. The Bertz CT molecular complexity index is 965. The van der Waals surface area contributed by atoms with E-state index in [4.69, 9.17) is 10.00 Å². The number of hydrogen-bond donors (Lipinski definition) is 1. The van der Waals surface area contributed by atoms with Crippen LogP contribution in [-0.2, 0) is 9.53 Å². The van der Waals surface area contributed by atoms with Crippen molar-refractivity contribution in [2.75, 3.05) is 24.3 Å². The molecule has 0 unspecified atom stereocenters. The number of carbonyl (C=O) groups excluding carboxylic acids is 2. The lowest BCUT2D eigenvalue weighted by atomic mass is 10.1. The van der Waals surface area contributed by atoms with Crippen LogP contribution in [0.4, 0.5) is 17.1 Å². The van der Waals surface area contributed by atoms with Gasteiger partial charge in [0.05, 0.1) is 21.7 Å². The van der Waals surface area contributed by atoms with Gasteiger partial charge in [-0.15, -0.1) is 0 Å². The fourth-order valence-electron chi connectivity index (χ4n) is 2.38. The second-order valence-corrected chi connectivity index (χ2v) is 6.05. The van der Waals surface area contributed by atoms with Crippen molar-refractivity contribution in [3.63, 3.8) is 0 Å². The van der Waals surface area contributed by atoms with Crippen molar-refractivity contribution < 1.29 is 19.2 Å². The average molecular weight is 382 g/mol. The summed E-state index contributed by atoms with van der Waals surface area (Å²) >= 11 is 0. The van der Waals surface area contributed by atoms with Crippen LogP contribution in [0.25, 0.3) is 0 Å². The lowest BCUT2D eigenvalue weighted by Crippen LogP contribution is -2.30. The molecule has 0 heterocycles. The number of amides is 1. The van der Waals surface area contributed by atoms with Crippen LogP contribution < -0.4 is 10.2 Å². The van der Waals surface area contributed by atoms with Crippen LogP contribution in [0.15, 0.2) is 42.5 Å². The first-order valence-corrected chi connectivity index (χ1v) is 8.21. The Morgan fingerprint density at radius 2 is 1.93 bits per heavy atom. The summed E-state index contributed by atoms with van der Waals surface area (Å²) in [6, 6.07) is 12.3. The highest BCUT2D eigenvalue weighted by molar-refractivity contribution is 5.98. The fourth-order valence-corrected chi connectivity index (χ4v) is 2.38. The average Bonchev–Trinajstić information content (AvgIpc) is 2.67. The molecule has 0 aliphatic carbocycles. The maximum atomic E-state index is 12.3. The molecule has 144 valence electrons. The molecule has 0 bridgehead atoms. The van der Waals surface area contributed by atoms with E-state index in [0.29, 0.717) is 11.4 Å². The predicted octanol–water partition coefficient (Wildman–Crippen LogP) is 2.72. The molecule has 2 aromatic carbocycles. The number of hydrogen-bond acceptors (Lipinski definition) is 7. The van der Waals surface area contributed by atoms with Gasteiger partial charge in [0.25, 0.3) is 11.6 Å². The van der Waals surface area contributed by atoms with Crippen molar-refractivity contribution in [3.8, 4) is 6.07 Å². The number of para-hydroxylation sites is 1. The zero-order valence-electron chi connectivity index (χ0n) is 15.5. The largest absolute Gasteiger partial charge is 0.449 e. The van der Waals surface area contributed by atoms with E-state index in [9.17, 15) is 19.7 Å². The molecule has 0 saturated heterocycles. The maximum Gasteiger partial charge on any atom is 0.339 e. The van der Waals surface area contributed by atoms with Gasteiger partial charge in [0.1, 0.15) is 11.8 Å². The van der Waals surface area contributed by atoms with Crippen molar-refractivity contribution in [1.82, 2.24) is 0 Å². The van der Waals surface area contributed by atoms with Crippen LogP contribution in [0, 0.1) is 21.4 Å². The van der Waals surface area contributed by atoms with Gasteiger partial charge in [-0.3, -0.25) is 14.9 Å². The minimum Gasteiger partial charge on any atom is -0.449 e. The molecule has 28 heavy (non-hydrogen) atoms. The van der Waals surface area contributed by atoms with Crippen LogP contribution in [0.2, 0.25) is 0 Å². The molecule has 2 rings (SSSR count). The monoisotopic (exact) mass is 382 g/mol. The third-order valence-electron chi connectivity index (χ3n) is 3.85. The van der Waals surface area contributed by atoms with E-state index < -0.39 is 22.9 Å². The zero-order chi connectivity index (χ0) is 20.8. The number of ether oxygens (including phenoxy) is 1. The van der Waals surface area contributed by atoms with Crippen LogP contribution in [-0.4, -0.2) is 37.0 Å². The molecule has 0 aliphatic heterocycles. The molecule has 2 aromatic rings. The molecule has 9 heteroatoms. The molecule has 0 spiro atoms. The quantitative estimate of drug-likeness (QED) is 0.462. The highest BCUT2D eigenvalue weighted by atomic mass is 16.6. The van der Waals surface area contributed by atoms with Crippen molar-refractivity contribution in [1.29, 1.82) is 5.26 Å². The first kappa shape index (κ1) is 20.4. The van der Waals surface area contributed by atoms with E-state index in [0.717, 1.165) is 6.07 Å². The van der Waals surface area contributed by atoms with Crippen LogP contribution in [0.1, 0.15) is 22.8 Å². The van der Waals surface area contributed by atoms with E-state index in [1.807, 2.05) is 6.07 Å². The number of nitro benzene ring substituents is 1. The Labute approximate surface area is 161 Å². The van der Waals surface area contributed by atoms with Gasteiger partial charge in [0.2, 0.25) is 0 Å². The van der Waals surface area contributed by atoms with Crippen LogP contribution in [0.5, 0.6) is 0 Å². The predicted molar refractivity (Wildman–Crippen MR) is 102 cm³/mol. The summed E-state index contributed by atoms with van der Waals surface area (Å²) in [5.74, 6) is -1.50. The van der Waals surface area contributed by atoms with Gasteiger partial charge in [-0.25, -0.2) is 4.79 Å². The lowest BCUT2D eigenvalue weighted by Gasteiger charge is -2.15. The van der Waals surface area contributed by atoms with Gasteiger partial charge in [-0.2, -0.15) is 5.26 Å². The van der Waals surface area contributed by atoms with E-state index >= 15 is 0 Å². The molecular weight excluding hydrogens is 364 g/mol. The first-order valence-electron chi connectivity index (χ1n) is 8.21. The number of nitrogens with zero attached hydrogens (tertiary/aromatic N) is 3. The third-order valence-corrected chi connectivity index (χ3v) is 3.85. The van der Waals surface area contributed by atoms with E-state index in [2.05, 4.69) is 5.32 Å². The van der Waals surface area contributed by atoms with Crippen LogP contribution >= 0.6 is 0 Å². The van der Waals surface area contributed by atoms with Gasteiger partial charge in [-0.05, 0) is 31.2 Å². The topological polar surface area (TPSA) is 126 Å². The minimum absolute atomic E-state index is 0.0469. The molecule has 1 amide bonds. The van der Waals surface area contributed by atoms with Gasteiger partial charge in [0.15, 0.2) is 6.10 Å². The Kier molecular flexibility index (Phi) is 6.29. The van der Waals surface area contributed by atoms with E-state index in [-0.39, 0.29) is 16.8 Å².